The lowest BCUT2D eigenvalue weighted by molar-refractivity contribution is -0.0561. The zero-order valence-electron chi connectivity index (χ0n) is 12.6. The van der Waals surface area contributed by atoms with Gasteiger partial charge in [0.2, 0.25) is 0 Å². The highest BCUT2D eigenvalue weighted by Crippen LogP contribution is 2.50. The number of carbonyl (C=O) groups excluding carboxylic acids is 1. The van der Waals surface area contributed by atoms with E-state index < -0.39 is 0 Å². The second-order valence-electron chi connectivity index (χ2n) is 7.40. The average Bonchev–Trinajstić information content (AvgIpc) is 2.86. The first kappa shape index (κ1) is 12.7. The van der Waals surface area contributed by atoms with Crippen LogP contribution >= 0.6 is 0 Å². The van der Waals surface area contributed by atoms with Gasteiger partial charge in [0.15, 0.2) is 0 Å². The lowest BCUT2D eigenvalue weighted by Crippen LogP contribution is -2.57. The predicted molar refractivity (Wildman–Crippen MR) is 85.6 cm³/mol. The number of aromatic nitrogens is 1. The van der Waals surface area contributed by atoms with E-state index in [1.165, 1.54) is 38.0 Å². The summed E-state index contributed by atoms with van der Waals surface area (Å²) in [5.74, 6) is 2.03. The maximum absolute atomic E-state index is 11.8. The number of piperidine rings is 3. The lowest BCUT2D eigenvalue weighted by Gasteiger charge is -2.56. The molecule has 4 nitrogen and oxygen atoms in total. The number of fused-ring (bicyclic) bond motifs is 1. The Balaban J connectivity index is 1.66. The predicted octanol–water partition coefficient (Wildman–Crippen LogP) is 2.25. The molecule has 1 amide bonds. The average molecular weight is 295 g/mol. The van der Waals surface area contributed by atoms with Crippen LogP contribution in [0.2, 0.25) is 0 Å². The Kier molecular flexibility index (Phi) is 2.51. The third kappa shape index (κ3) is 1.64. The number of amides is 1. The van der Waals surface area contributed by atoms with Crippen molar-refractivity contribution in [3.05, 3.63) is 36.0 Å². The Bertz CT molecular complexity index is 735. The Hall–Kier alpha value is -1.81. The molecule has 6 rings (SSSR count). The largest absolute Gasteiger partial charge is 0.366 e. The fraction of sp³-hybridized carbons (Fsp3) is 0.500. The standard InChI is InChI=1S/C18H21N3O/c19-18(22)15-10-21(16-4-2-1-3-14(15)16)17-12-5-11-6-13(17)9-20(7-11)8-12/h1-4,10-13,17H,5-9H2,(H2,19,22)/t11?,12-,13+,17?. The third-order valence-corrected chi connectivity index (χ3v) is 6.07. The lowest BCUT2D eigenvalue weighted by atomic mass is 9.65. The summed E-state index contributed by atoms with van der Waals surface area (Å²) in [7, 11) is 0. The van der Waals surface area contributed by atoms with Crippen molar-refractivity contribution in [2.45, 2.75) is 18.9 Å². The van der Waals surface area contributed by atoms with Crippen LogP contribution in [0.15, 0.2) is 30.5 Å². The van der Waals surface area contributed by atoms with Crippen LogP contribution < -0.4 is 5.73 Å². The number of benzene rings is 1. The van der Waals surface area contributed by atoms with Gasteiger partial charge in [0.25, 0.3) is 5.91 Å². The number of carbonyl (C=O) groups is 1. The molecule has 3 saturated heterocycles. The first-order chi connectivity index (χ1) is 10.7. The zero-order chi connectivity index (χ0) is 14.8. The molecule has 114 valence electrons. The van der Waals surface area contributed by atoms with Crippen LogP contribution in [-0.4, -0.2) is 35.0 Å². The normalized spacial score (nSPS) is 36.1. The van der Waals surface area contributed by atoms with E-state index in [1.807, 2.05) is 18.3 Å². The molecule has 1 aromatic heterocycles. The molecule has 4 aliphatic rings. The summed E-state index contributed by atoms with van der Waals surface area (Å²) in [6.45, 7) is 3.74. The van der Waals surface area contributed by atoms with Crippen LogP contribution in [0.5, 0.6) is 0 Å². The number of nitrogens with two attached hydrogens (primary N) is 1. The molecule has 0 radical (unpaired) electrons. The van der Waals surface area contributed by atoms with Crippen LogP contribution in [0.3, 0.4) is 0 Å². The van der Waals surface area contributed by atoms with Gasteiger partial charge in [-0.3, -0.25) is 4.79 Å². The minimum atomic E-state index is -0.317. The molecule has 3 unspecified atom stereocenters. The molecule has 4 heteroatoms. The summed E-state index contributed by atoms with van der Waals surface area (Å²) in [5.41, 5.74) is 7.45. The number of rotatable bonds is 2. The highest BCUT2D eigenvalue weighted by molar-refractivity contribution is 6.06. The van der Waals surface area contributed by atoms with E-state index in [0.717, 1.165) is 23.1 Å². The van der Waals surface area contributed by atoms with Gasteiger partial charge < -0.3 is 15.2 Å². The van der Waals surface area contributed by atoms with Crippen LogP contribution in [-0.2, 0) is 0 Å². The summed E-state index contributed by atoms with van der Waals surface area (Å²) < 4.78 is 2.38. The molecule has 2 N–H and O–H groups in total. The molecule has 1 aliphatic carbocycles. The zero-order valence-corrected chi connectivity index (χ0v) is 12.6. The maximum atomic E-state index is 11.8. The van der Waals surface area contributed by atoms with E-state index in [0.29, 0.717) is 11.6 Å². The first-order valence-electron chi connectivity index (χ1n) is 8.32. The molecule has 4 heterocycles. The summed E-state index contributed by atoms with van der Waals surface area (Å²) in [4.78, 5) is 14.5. The van der Waals surface area contributed by atoms with Gasteiger partial charge in [-0.1, -0.05) is 18.2 Å². The molecule has 5 atom stereocenters. The Morgan fingerprint density at radius 3 is 2.50 bits per heavy atom. The van der Waals surface area contributed by atoms with Gasteiger partial charge in [-0.15, -0.1) is 0 Å². The molecule has 4 bridgehead atoms. The molecule has 3 aliphatic heterocycles. The number of para-hydroxylation sites is 1. The van der Waals surface area contributed by atoms with Crippen molar-refractivity contribution in [1.82, 2.24) is 9.47 Å². The van der Waals surface area contributed by atoms with E-state index in [2.05, 4.69) is 21.6 Å². The van der Waals surface area contributed by atoms with Crippen LogP contribution in [0.4, 0.5) is 0 Å². The van der Waals surface area contributed by atoms with E-state index in [4.69, 9.17) is 5.73 Å². The molecule has 0 spiro atoms. The minimum absolute atomic E-state index is 0.317. The Morgan fingerprint density at radius 1 is 1.09 bits per heavy atom. The van der Waals surface area contributed by atoms with Crippen molar-refractivity contribution in [2.75, 3.05) is 19.6 Å². The molecular formula is C18H21N3O. The molecule has 1 saturated carbocycles. The smallest absolute Gasteiger partial charge is 0.250 e. The minimum Gasteiger partial charge on any atom is -0.366 e. The van der Waals surface area contributed by atoms with Gasteiger partial charge in [0.05, 0.1) is 5.56 Å². The van der Waals surface area contributed by atoms with Gasteiger partial charge in [-0.2, -0.15) is 0 Å². The van der Waals surface area contributed by atoms with E-state index in [9.17, 15) is 4.79 Å². The van der Waals surface area contributed by atoms with Crippen LogP contribution in [0.25, 0.3) is 10.9 Å². The monoisotopic (exact) mass is 295 g/mol. The topological polar surface area (TPSA) is 51.3 Å². The highest BCUT2D eigenvalue weighted by atomic mass is 16.1. The second kappa shape index (κ2) is 4.35. The van der Waals surface area contributed by atoms with Crippen LogP contribution in [0.1, 0.15) is 29.2 Å². The Labute approximate surface area is 129 Å². The molecule has 2 aromatic rings. The van der Waals surface area contributed by atoms with E-state index in [-0.39, 0.29) is 5.91 Å². The van der Waals surface area contributed by atoms with Gasteiger partial charge in [-0.05, 0) is 36.7 Å². The highest BCUT2D eigenvalue weighted by Gasteiger charge is 2.48. The van der Waals surface area contributed by atoms with Crippen molar-refractivity contribution in [3.63, 3.8) is 0 Å². The maximum Gasteiger partial charge on any atom is 0.250 e. The van der Waals surface area contributed by atoms with E-state index in [1.54, 1.807) is 0 Å². The van der Waals surface area contributed by atoms with Crippen molar-refractivity contribution in [2.24, 2.45) is 23.5 Å². The van der Waals surface area contributed by atoms with Crippen molar-refractivity contribution >= 4 is 16.8 Å². The van der Waals surface area contributed by atoms with Gasteiger partial charge in [0.1, 0.15) is 0 Å². The van der Waals surface area contributed by atoms with E-state index >= 15 is 0 Å². The third-order valence-electron chi connectivity index (χ3n) is 6.07. The fourth-order valence-corrected chi connectivity index (χ4v) is 5.48. The van der Waals surface area contributed by atoms with Crippen molar-refractivity contribution in [3.8, 4) is 0 Å². The first-order valence-corrected chi connectivity index (χ1v) is 8.32. The number of primary amides is 1. The number of hydrogen-bond donors (Lipinski definition) is 1. The fourth-order valence-electron chi connectivity index (χ4n) is 5.48. The molecule has 4 fully saturated rings. The second-order valence-corrected chi connectivity index (χ2v) is 7.40. The number of hydrogen-bond acceptors (Lipinski definition) is 2. The van der Waals surface area contributed by atoms with Gasteiger partial charge >= 0.3 is 0 Å². The summed E-state index contributed by atoms with van der Waals surface area (Å²) in [6.07, 6.45) is 4.71. The van der Waals surface area contributed by atoms with Crippen molar-refractivity contribution in [1.29, 1.82) is 0 Å². The van der Waals surface area contributed by atoms with Crippen molar-refractivity contribution < 1.29 is 4.79 Å². The Morgan fingerprint density at radius 2 is 1.82 bits per heavy atom. The quantitative estimate of drug-likeness (QED) is 0.924. The van der Waals surface area contributed by atoms with Gasteiger partial charge in [-0.25, -0.2) is 0 Å². The molecule has 1 aromatic carbocycles. The van der Waals surface area contributed by atoms with Gasteiger partial charge in [0, 0.05) is 42.8 Å². The summed E-state index contributed by atoms with van der Waals surface area (Å²) in [6, 6.07) is 8.73. The molecular weight excluding hydrogens is 274 g/mol. The number of nitrogens with zero attached hydrogens (tertiary/aromatic N) is 2. The van der Waals surface area contributed by atoms with Crippen LogP contribution in [0, 0.1) is 17.8 Å². The SMILES string of the molecule is NC(=O)c1cn(C2[C@@H]3CC4C[C@H]2CN(C4)C3)c2ccccc12. The summed E-state index contributed by atoms with van der Waals surface area (Å²) >= 11 is 0. The molecule has 22 heavy (non-hydrogen) atoms. The summed E-state index contributed by atoms with van der Waals surface area (Å²) in [5, 5.41) is 1.00.